The Hall–Kier alpha value is -1.45. The Kier molecular flexibility index (Phi) is 2.49. The molecule has 17 heavy (non-hydrogen) atoms. The topological polar surface area (TPSA) is 17.8 Å². The molecular formula is C13H16F2N2. The molecule has 0 bridgehead atoms. The second-order valence-corrected chi connectivity index (χ2v) is 5.32. The van der Waals surface area contributed by atoms with Gasteiger partial charge in [0.25, 0.3) is 0 Å². The summed E-state index contributed by atoms with van der Waals surface area (Å²) < 4.78 is 28.8. The molecule has 0 aliphatic rings. The van der Waals surface area contributed by atoms with Crippen molar-refractivity contribution in [2.24, 2.45) is 0 Å². The minimum absolute atomic E-state index is 0.175. The van der Waals surface area contributed by atoms with Crippen LogP contribution in [0.4, 0.5) is 8.78 Å². The zero-order valence-electron chi connectivity index (χ0n) is 10.5. The SMILES string of the molecule is CC(F)(F)c1nc2ccccc2n1C(C)(C)C. The maximum atomic E-state index is 13.6. The van der Waals surface area contributed by atoms with E-state index >= 15 is 0 Å². The second-order valence-electron chi connectivity index (χ2n) is 5.32. The Bertz CT molecular complexity index is 545. The van der Waals surface area contributed by atoms with E-state index in [1.807, 2.05) is 32.9 Å². The lowest BCUT2D eigenvalue weighted by molar-refractivity contribution is 0.00113. The van der Waals surface area contributed by atoms with E-state index in [4.69, 9.17) is 0 Å². The zero-order valence-corrected chi connectivity index (χ0v) is 10.5. The number of nitrogens with zero attached hydrogens (tertiary/aromatic N) is 2. The number of rotatable bonds is 1. The first-order valence-electron chi connectivity index (χ1n) is 5.57. The lowest BCUT2D eigenvalue weighted by Gasteiger charge is -2.26. The van der Waals surface area contributed by atoms with Gasteiger partial charge in [-0.05, 0) is 32.9 Å². The van der Waals surface area contributed by atoms with Crippen LogP contribution < -0.4 is 0 Å². The Morgan fingerprint density at radius 2 is 1.65 bits per heavy atom. The Morgan fingerprint density at radius 3 is 2.18 bits per heavy atom. The van der Waals surface area contributed by atoms with E-state index in [1.54, 1.807) is 16.7 Å². The van der Waals surface area contributed by atoms with Crippen LogP contribution in [0.3, 0.4) is 0 Å². The van der Waals surface area contributed by atoms with Crippen LogP contribution in [0, 0.1) is 0 Å². The molecule has 1 heterocycles. The minimum Gasteiger partial charge on any atom is -0.318 e. The van der Waals surface area contributed by atoms with Crippen LogP contribution in [-0.2, 0) is 11.5 Å². The summed E-state index contributed by atoms with van der Waals surface area (Å²) in [5, 5.41) is 0. The predicted octanol–water partition coefficient (Wildman–Crippen LogP) is 3.90. The third-order valence-electron chi connectivity index (χ3n) is 2.62. The highest BCUT2D eigenvalue weighted by Crippen LogP contribution is 2.33. The normalized spacial score (nSPS) is 13.3. The van der Waals surface area contributed by atoms with Crippen molar-refractivity contribution in [1.29, 1.82) is 0 Å². The molecule has 1 aromatic heterocycles. The van der Waals surface area contributed by atoms with Gasteiger partial charge in [0.1, 0.15) is 0 Å². The molecular weight excluding hydrogens is 222 g/mol. The Morgan fingerprint density at radius 1 is 1.06 bits per heavy atom. The van der Waals surface area contributed by atoms with Gasteiger partial charge in [-0.3, -0.25) is 0 Å². The van der Waals surface area contributed by atoms with Crippen LogP contribution in [0.2, 0.25) is 0 Å². The van der Waals surface area contributed by atoms with Crippen LogP contribution >= 0.6 is 0 Å². The molecule has 0 radical (unpaired) electrons. The summed E-state index contributed by atoms with van der Waals surface area (Å²) >= 11 is 0. The third-order valence-corrected chi connectivity index (χ3v) is 2.62. The number of hydrogen-bond donors (Lipinski definition) is 0. The Balaban J connectivity index is 2.84. The highest BCUT2D eigenvalue weighted by molar-refractivity contribution is 5.76. The van der Waals surface area contributed by atoms with Gasteiger partial charge >= 0.3 is 5.92 Å². The van der Waals surface area contributed by atoms with E-state index in [2.05, 4.69) is 4.98 Å². The highest BCUT2D eigenvalue weighted by atomic mass is 19.3. The average molecular weight is 238 g/mol. The fraction of sp³-hybridized carbons (Fsp3) is 0.462. The molecule has 2 nitrogen and oxygen atoms in total. The molecule has 0 aliphatic carbocycles. The smallest absolute Gasteiger partial charge is 0.302 e. The summed E-state index contributed by atoms with van der Waals surface area (Å²) in [5.41, 5.74) is 0.931. The van der Waals surface area contributed by atoms with Crippen LogP contribution in [-0.4, -0.2) is 9.55 Å². The van der Waals surface area contributed by atoms with Crippen molar-refractivity contribution in [2.75, 3.05) is 0 Å². The molecule has 0 saturated heterocycles. The molecule has 92 valence electrons. The maximum absolute atomic E-state index is 13.6. The Labute approximate surface area is 99.3 Å². The van der Waals surface area contributed by atoms with Gasteiger partial charge in [0.15, 0.2) is 5.82 Å². The standard InChI is InChI=1S/C13H16F2N2/c1-12(2,3)17-10-8-6-5-7-9(10)16-11(17)13(4,14)15/h5-8H,1-4H3. The molecule has 1 aromatic carbocycles. The summed E-state index contributed by atoms with van der Waals surface area (Å²) in [4.78, 5) is 4.06. The van der Waals surface area contributed by atoms with Crippen molar-refractivity contribution in [3.05, 3.63) is 30.1 Å². The van der Waals surface area contributed by atoms with Gasteiger partial charge in [-0.1, -0.05) is 12.1 Å². The fourth-order valence-electron chi connectivity index (χ4n) is 2.00. The number of alkyl halides is 2. The van der Waals surface area contributed by atoms with E-state index in [-0.39, 0.29) is 5.82 Å². The molecule has 0 fully saturated rings. The third kappa shape index (κ3) is 2.04. The predicted molar refractivity (Wildman–Crippen MR) is 64.3 cm³/mol. The first-order valence-corrected chi connectivity index (χ1v) is 5.57. The maximum Gasteiger partial charge on any atom is 0.302 e. The molecule has 0 unspecified atom stereocenters. The summed E-state index contributed by atoms with van der Waals surface area (Å²) in [5.74, 6) is -3.11. The number of para-hydroxylation sites is 2. The van der Waals surface area contributed by atoms with Crippen LogP contribution in [0.1, 0.15) is 33.5 Å². The zero-order chi connectivity index (χ0) is 12.8. The molecule has 0 atom stereocenters. The average Bonchev–Trinajstić information content (AvgIpc) is 2.54. The molecule has 0 amide bonds. The lowest BCUT2D eigenvalue weighted by atomic mass is 10.1. The van der Waals surface area contributed by atoms with E-state index in [1.165, 1.54) is 0 Å². The molecule has 2 aromatic rings. The number of hydrogen-bond acceptors (Lipinski definition) is 1. The summed E-state index contributed by atoms with van der Waals surface area (Å²) in [6.45, 7) is 6.58. The first-order chi connectivity index (χ1) is 7.71. The summed E-state index contributed by atoms with van der Waals surface area (Å²) in [6, 6.07) is 7.22. The largest absolute Gasteiger partial charge is 0.318 e. The number of imidazole rings is 1. The quantitative estimate of drug-likeness (QED) is 0.736. The van der Waals surface area contributed by atoms with Crippen molar-refractivity contribution in [2.45, 2.75) is 39.2 Å². The molecule has 0 aliphatic heterocycles. The minimum atomic E-state index is -2.94. The van der Waals surface area contributed by atoms with Crippen LogP contribution in [0.25, 0.3) is 11.0 Å². The summed E-state index contributed by atoms with van der Waals surface area (Å²) in [6.07, 6.45) is 0. The fourth-order valence-corrected chi connectivity index (χ4v) is 2.00. The molecule has 4 heteroatoms. The van der Waals surface area contributed by atoms with Gasteiger partial charge in [-0.15, -0.1) is 0 Å². The second kappa shape index (κ2) is 3.52. The van der Waals surface area contributed by atoms with Gasteiger partial charge in [-0.25, -0.2) is 4.98 Å². The first kappa shape index (κ1) is 12.0. The van der Waals surface area contributed by atoms with Gasteiger partial charge < -0.3 is 4.57 Å². The van der Waals surface area contributed by atoms with E-state index in [9.17, 15) is 8.78 Å². The van der Waals surface area contributed by atoms with Crippen LogP contribution in [0.5, 0.6) is 0 Å². The van der Waals surface area contributed by atoms with Gasteiger partial charge in [0.05, 0.1) is 11.0 Å². The van der Waals surface area contributed by atoms with E-state index in [0.29, 0.717) is 5.52 Å². The van der Waals surface area contributed by atoms with Crippen molar-refractivity contribution >= 4 is 11.0 Å². The van der Waals surface area contributed by atoms with Crippen molar-refractivity contribution < 1.29 is 8.78 Å². The van der Waals surface area contributed by atoms with E-state index in [0.717, 1.165) is 12.4 Å². The molecule has 0 spiro atoms. The number of halogens is 2. The number of aromatic nitrogens is 2. The molecule has 0 N–H and O–H groups in total. The van der Waals surface area contributed by atoms with Gasteiger partial charge in [0.2, 0.25) is 0 Å². The monoisotopic (exact) mass is 238 g/mol. The molecule has 0 saturated carbocycles. The highest BCUT2D eigenvalue weighted by Gasteiger charge is 2.35. The number of benzene rings is 1. The van der Waals surface area contributed by atoms with Gasteiger partial charge in [-0.2, -0.15) is 8.78 Å². The van der Waals surface area contributed by atoms with Gasteiger partial charge in [0, 0.05) is 12.5 Å². The van der Waals surface area contributed by atoms with Crippen molar-refractivity contribution in [3.63, 3.8) is 0 Å². The lowest BCUT2D eigenvalue weighted by Crippen LogP contribution is -2.28. The molecule has 2 rings (SSSR count). The van der Waals surface area contributed by atoms with E-state index < -0.39 is 11.5 Å². The summed E-state index contributed by atoms with van der Waals surface area (Å²) in [7, 11) is 0. The van der Waals surface area contributed by atoms with Crippen LogP contribution in [0.15, 0.2) is 24.3 Å². The van der Waals surface area contributed by atoms with Crippen molar-refractivity contribution in [3.8, 4) is 0 Å². The van der Waals surface area contributed by atoms with Crippen molar-refractivity contribution in [1.82, 2.24) is 9.55 Å². The number of fused-ring (bicyclic) bond motifs is 1.